The van der Waals surface area contributed by atoms with E-state index in [1.54, 1.807) is 4.90 Å². The Balaban J connectivity index is 1.58. The van der Waals surface area contributed by atoms with E-state index in [0.717, 1.165) is 73.1 Å². The Morgan fingerprint density at radius 1 is 1.17 bits per heavy atom. The predicted octanol–water partition coefficient (Wildman–Crippen LogP) is 1.01. The van der Waals surface area contributed by atoms with Crippen molar-refractivity contribution in [2.45, 2.75) is 6.92 Å². The molecule has 1 saturated heterocycles. The van der Waals surface area contributed by atoms with Crippen molar-refractivity contribution in [2.75, 3.05) is 44.7 Å². The molecular weight excluding hydrogens is 292 g/mol. The molecule has 23 heavy (non-hydrogen) atoms. The first kappa shape index (κ1) is 14.4. The summed E-state index contributed by atoms with van der Waals surface area (Å²) in [5, 5.41) is 4.47. The van der Waals surface area contributed by atoms with Gasteiger partial charge in [0.05, 0.1) is 26.3 Å². The van der Waals surface area contributed by atoms with Crippen molar-refractivity contribution in [3.8, 4) is 0 Å². The van der Waals surface area contributed by atoms with Crippen LogP contribution in [0.2, 0.25) is 0 Å². The molecule has 2 aromatic heterocycles. The highest BCUT2D eigenvalue weighted by molar-refractivity contribution is 6.05. The van der Waals surface area contributed by atoms with Gasteiger partial charge in [0.1, 0.15) is 30.0 Å². The molecule has 1 aliphatic rings. The SMILES string of the molecule is Cc1nc(NCC[NH+]2CCOCC2)c2oc3ccccc3c2n1. The average molecular weight is 313 g/mol. The second-order valence-corrected chi connectivity index (χ2v) is 5.93. The number of aromatic nitrogens is 2. The molecule has 3 aromatic rings. The molecule has 0 aliphatic carbocycles. The zero-order chi connectivity index (χ0) is 15.6. The van der Waals surface area contributed by atoms with Crippen molar-refractivity contribution in [2.24, 2.45) is 0 Å². The van der Waals surface area contributed by atoms with Crippen LogP contribution in [0.3, 0.4) is 0 Å². The van der Waals surface area contributed by atoms with E-state index >= 15 is 0 Å². The second-order valence-electron chi connectivity index (χ2n) is 5.93. The number of ether oxygens (including phenoxy) is 1. The van der Waals surface area contributed by atoms with Crippen molar-refractivity contribution < 1.29 is 14.1 Å². The summed E-state index contributed by atoms with van der Waals surface area (Å²) in [5.74, 6) is 1.54. The molecule has 0 spiro atoms. The fraction of sp³-hybridized carbons (Fsp3) is 0.412. The van der Waals surface area contributed by atoms with Crippen molar-refractivity contribution in [3.05, 3.63) is 30.1 Å². The van der Waals surface area contributed by atoms with Crippen molar-refractivity contribution in [1.29, 1.82) is 0 Å². The summed E-state index contributed by atoms with van der Waals surface area (Å²) in [4.78, 5) is 10.7. The standard InChI is InChI=1S/C17H20N4O2/c1-12-19-15-13-4-2-3-5-14(13)23-16(15)17(20-12)18-6-7-21-8-10-22-11-9-21/h2-5H,6-11H2,1H3,(H,18,19,20)/p+1. The zero-order valence-corrected chi connectivity index (χ0v) is 13.3. The lowest BCUT2D eigenvalue weighted by molar-refractivity contribution is -0.906. The Labute approximate surface area is 134 Å². The first-order valence-electron chi connectivity index (χ1n) is 8.12. The number of para-hydroxylation sites is 1. The minimum Gasteiger partial charge on any atom is -0.450 e. The highest BCUT2D eigenvalue weighted by Crippen LogP contribution is 2.30. The van der Waals surface area contributed by atoms with Crippen LogP contribution in [0.15, 0.2) is 28.7 Å². The van der Waals surface area contributed by atoms with Gasteiger partial charge in [-0.25, -0.2) is 9.97 Å². The second kappa shape index (κ2) is 6.14. The fourth-order valence-electron chi connectivity index (χ4n) is 3.09. The number of hydrogen-bond acceptors (Lipinski definition) is 5. The van der Waals surface area contributed by atoms with Crippen LogP contribution in [0, 0.1) is 6.92 Å². The molecule has 0 saturated carbocycles. The molecule has 0 atom stereocenters. The van der Waals surface area contributed by atoms with E-state index in [0.29, 0.717) is 0 Å². The van der Waals surface area contributed by atoms with E-state index in [-0.39, 0.29) is 0 Å². The van der Waals surface area contributed by atoms with Crippen molar-refractivity contribution >= 4 is 27.9 Å². The smallest absolute Gasteiger partial charge is 0.196 e. The summed E-state index contributed by atoms with van der Waals surface area (Å²) in [6, 6.07) is 7.98. The molecule has 0 amide bonds. The number of morpholine rings is 1. The van der Waals surface area contributed by atoms with Gasteiger partial charge >= 0.3 is 0 Å². The molecule has 1 aliphatic heterocycles. The van der Waals surface area contributed by atoms with Gasteiger partial charge in [0.2, 0.25) is 0 Å². The number of anilines is 1. The van der Waals surface area contributed by atoms with Crippen LogP contribution in [0.25, 0.3) is 22.1 Å². The molecule has 6 nitrogen and oxygen atoms in total. The Bertz CT molecular complexity index is 824. The van der Waals surface area contributed by atoms with Crippen LogP contribution in [0.1, 0.15) is 5.82 Å². The molecule has 4 rings (SSSR count). The van der Waals surface area contributed by atoms with Crippen LogP contribution in [0.5, 0.6) is 0 Å². The minimum atomic E-state index is 0.744. The largest absolute Gasteiger partial charge is 0.450 e. The van der Waals surface area contributed by atoms with Crippen molar-refractivity contribution in [3.63, 3.8) is 0 Å². The Hall–Kier alpha value is -2.18. The predicted molar refractivity (Wildman–Crippen MR) is 88.9 cm³/mol. The van der Waals surface area contributed by atoms with E-state index in [9.17, 15) is 0 Å². The fourth-order valence-corrected chi connectivity index (χ4v) is 3.09. The quantitative estimate of drug-likeness (QED) is 0.753. The summed E-state index contributed by atoms with van der Waals surface area (Å²) in [6.07, 6.45) is 0. The number of nitrogens with one attached hydrogen (secondary N) is 2. The van der Waals surface area contributed by atoms with Gasteiger partial charge in [0.15, 0.2) is 11.4 Å². The summed E-state index contributed by atoms with van der Waals surface area (Å²) in [7, 11) is 0. The molecule has 0 radical (unpaired) electrons. The number of nitrogens with zero attached hydrogens (tertiary/aromatic N) is 2. The van der Waals surface area contributed by atoms with Gasteiger partial charge in [0, 0.05) is 5.39 Å². The number of fused-ring (bicyclic) bond motifs is 3. The van der Waals surface area contributed by atoms with E-state index in [4.69, 9.17) is 9.15 Å². The number of aryl methyl sites for hydroxylation is 1. The van der Waals surface area contributed by atoms with Gasteiger partial charge < -0.3 is 19.4 Å². The van der Waals surface area contributed by atoms with Crippen LogP contribution in [0.4, 0.5) is 5.82 Å². The van der Waals surface area contributed by atoms with Gasteiger partial charge in [0.25, 0.3) is 0 Å². The monoisotopic (exact) mass is 313 g/mol. The Morgan fingerprint density at radius 2 is 2.00 bits per heavy atom. The number of rotatable bonds is 4. The summed E-state index contributed by atoms with van der Waals surface area (Å²) >= 11 is 0. The van der Waals surface area contributed by atoms with Gasteiger partial charge in [-0.05, 0) is 19.1 Å². The first-order valence-corrected chi connectivity index (χ1v) is 8.12. The molecule has 0 unspecified atom stereocenters. The Morgan fingerprint density at radius 3 is 2.87 bits per heavy atom. The first-order chi connectivity index (χ1) is 11.3. The van der Waals surface area contributed by atoms with Crippen LogP contribution < -0.4 is 10.2 Å². The maximum absolute atomic E-state index is 5.97. The number of furan rings is 1. The zero-order valence-electron chi connectivity index (χ0n) is 13.3. The summed E-state index contributed by atoms with van der Waals surface area (Å²) in [6.45, 7) is 7.69. The normalized spacial score (nSPS) is 16.2. The van der Waals surface area contributed by atoms with E-state index in [2.05, 4.69) is 15.3 Å². The summed E-state index contributed by atoms with van der Waals surface area (Å²) in [5.41, 5.74) is 2.48. The lowest BCUT2D eigenvalue weighted by Gasteiger charge is -2.23. The molecule has 2 N–H and O–H groups in total. The van der Waals surface area contributed by atoms with E-state index < -0.39 is 0 Å². The van der Waals surface area contributed by atoms with Gasteiger partial charge in [-0.1, -0.05) is 12.1 Å². The number of hydrogen-bond donors (Lipinski definition) is 2. The van der Waals surface area contributed by atoms with E-state index in [1.807, 2.05) is 31.2 Å². The highest BCUT2D eigenvalue weighted by atomic mass is 16.5. The molecule has 1 fully saturated rings. The maximum atomic E-state index is 5.97. The minimum absolute atomic E-state index is 0.744. The molecular formula is C17H21N4O2+. The van der Waals surface area contributed by atoms with Crippen LogP contribution in [-0.4, -0.2) is 49.4 Å². The van der Waals surface area contributed by atoms with Gasteiger partial charge in [-0.2, -0.15) is 0 Å². The van der Waals surface area contributed by atoms with Gasteiger partial charge in [-0.3, -0.25) is 0 Å². The van der Waals surface area contributed by atoms with E-state index in [1.165, 1.54) is 0 Å². The lowest BCUT2D eigenvalue weighted by atomic mass is 10.2. The molecule has 0 bridgehead atoms. The van der Waals surface area contributed by atoms with Gasteiger partial charge in [-0.15, -0.1) is 0 Å². The molecule has 3 heterocycles. The van der Waals surface area contributed by atoms with Crippen LogP contribution in [-0.2, 0) is 4.74 Å². The third kappa shape index (κ3) is 2.87. The van der Waals surface area contributed by atoms with Crippen molar-refractivity contribution in [1.82, 2.24) is 9.97 Å². The molecule has 6 heteroatoms. The van der Waals surface area contributed by atoms with Crippen LogP contribution >= 0.6 is 0 Å². The number of quaternary nitrogens is 1. The average Bonchev–Trinajstić information content (AvgIpc) is 2.95. The topological polar surface area (TPSA) is 64.6 Å². The maximum Gasteiger partial charge on any atom is 0.196 e. The third-order valence-corrected chi connectivity index (χ3v) is 4.30. The number of benzene rings is 1. The molecule has 120 valence electrons. The molecule has 1 aromatic carbocycles. The Kier molecular flexibility index (Phi) is 3.85. The highest BCUT2D eigenvalue weighted by Gasteiger charge is 2.16. The third-order valence-electron chi connectivity index (χ3n) is 4.30. The lowest BCUT2D eigenvalue weighted by Crippen LogP contribution is -3.14. The summed E-state index contributed by atoms with van der Waals surface area (Å²) < 4.78 is 11.4.